The van der Waals surface area contributed by atoms with Crippen molar-refractivity contribution >= 4 is 11.6 Å². The summed E-state index contributed by atoms with van der Waals surface area (Å²) in [6, 6.07) is 8.11. The maximum absolute atomic E-state index is 5.91. The molecule has 1 N–H and O–H groups in total. The van der Waals surface area contributed by atoms with E-state index in [9.17, 15) is 0 Å². The van der Waals surface area contributed by atoms with E-state index in [2.05, 4.69) is 17.4 Å². The van der Waals surface area contributed by atoms with Gasteiger partial charge in [0, 0.05) is 32.0 Å². The molecule has 0 radical (unpaired) electrons. The summed E-state index contributed by atoms with van der Waals surface area (Å²) < 4.78 is 10.6. The monoisotopic (exact) mass is 299 g/mol. The van der Waals surface area contributed by atoms with Crippen molar-refractivity contribution in [1.29, 1.82) is 0 Å². The Bertz CT molecular complexity index is 343. The van der Waals surface area contributed by atoms with Gasteiger partial charge < -0.3 is 14.8 Å². The van der Waals surface area contributed by atoms with Crippen molar-refractivity contribution in [2.75, 3.05) is 40.5 Å². The van der Waals surface area contributed by atoms with Crippen LogP contribution in [-0.4, -0.2) is 40.5 Å². The van der Waals surface area contributed by atoms with Crippen LogP contribution in [0.2, 0.25) is 5.02 Å². The van der Waals surface area contributed by atoms with Crippen molar-refractivity contribution in [1.82, 2.24) is 5.32 Å². The predicted molar refractivity (Wildman–Crippen MR) is 84.5 cm³/mol. The Morgan fingerprint density at radius 1 is 1.15 bits per heavy atom. The second kappa shape index (κ2) is 11.1. The van der Waals surface area contributed by atoms with Crippen molar-refractivity contribution in [2.45, 2.75) is 19.3 Å². The Hall–Kier alpha value is -0.610. The summed E-state index contributed by atoms with van der Waals surface area (Å²) in [4.78, 5) is 0. The van der Waals surface area contributed by atoms with E-state index in [1.54, 1.807) is 7.11 Å². The fourth-order valence-electron chi connectivity index (χ4n) is 2.18. The maximum Gasteiger partial charge on any atom is 0.0487 e. The zero-order valence-corrected chi connectivity index (χ0v) is 13.3. The highest BCUT2D eigenvalue weighted by molar-refractivity contribution is 6.30. The van der Waals surface area contributed by atoms with E-state index in [-0.39, 0.29) is 0 Å². The summed E-state index contributed by atoms with van der Waals surface area (Å²) >= 11 is 5.91. The van der Waals surface area contributed by atoms with Crippen LogP contribution in [0.3, 0.4) is 0 Å². The minimum atomic E-state index is 0.587. The van der Waals surface area contributed by atoms with Crippen molar-refractivity contribution in [3.05, 3.63) is 34.9 Å². The van der Waals surface area contributed by atoms with Gasteiger partial charge in [0.25, 0.3) is 0 Å². The largest absolute Gasteiger partial charge is 0.385 e. The third kappa shape index (κ3) is 7.85. The van der Waals surface area contributed by atoms with Crippen molar-refractivity contribution in [3.8, 4) is 0 Å². The van der Waals surface area contributed by atoms with Gasteiger partial charge in [-0.25, -0.2) is 0 Å². The minimum absolute atomic E-state index is 0.587. The number of nitrogens with one attached hydrogen (secondary N) is 1. The molecule has 114 valence electrons. The van der Waals surface area contributed by atoms with Gasteiger partial charge in [-0.3, -0.25) is 0 Å². The van der Waals surface area contributed by atoms with Crippen LogP contribution in [-0.2, 0) is 15.9 Å². The van der Waals surface area contributed by atoms with Crippen LogP contribution in [0.25, 0.3) is 0 Å². The van der Waals surface area contributed by atoms with Gasteiger partial charge in [0.2, 0.25) is 0 Å². The van der Waals surface area contributed by atoms with E-state index in [0.717, 1.165) is 50.7 Å². The van der Waals surface area contributed by atoms with E-state index >= 15 is 0 Å². The maximum atomic E-state index is 5.91. The number of benzene rings is 1. The standard InChI is InChI=1S/C16H26ClNO2/c1-18-13-15(8-11-20-10-3-9-19-2)12-14-4-6-16(17)7-5-14/h4-7,15,18H,3,8-13H2,1-2H3. The first-order valence-electron chi connectivity index (χ1n) is 7.22. The highest BCUT2D eigenvalue weighted by Crippen LogP contribution is 2.15. The Kier molecular flexibility index (Phi) is 9.67. The molecule has 0 aliphatic heterocycles. The van der Waals surface area contributed by atoms with Crippen LogP contribution in [0.1, 0.15) is 18.4 Å². The van der Waals surface area contributed by atoms with Crippen molar-refractivity contribution < 1.29 is 9.47 Å². The van der Waals surface area contributed by atoms with Crippen molar-refractivity contribution in [2.24, 2.45) is 5.92 Å². The number of hydrogen-bond acceptors (Lipinski definition) is 3. The average Bonchev–Trinajstić information content (AvgIpc) is 2.45. The molecule has 1 aromatic carbocycles. The van der Waals surface area contributed by atoms with Crippen molar-refractivity contribution in [3.63, 3.8) is 0 Å². The van der Waals surface area contributed by atoms with E-state index < -0.39 is 0 Å². The summed E-state index contributed by atoms with van der Waals surface area (Å²) in [6.07, 6.45) is 3.08. The third-order valence-electron chi connectivity index (χ3n) is 3.24. The van der Waals surface area contributed by atoms with Crippen LogP contribution in [0.5, 0.6) is 0 Å². The minimum Gasteiger partial charge on any atom is -0.385 e. The molecule has 0 amide bonds. The Morgan fingerprint density at radius 3 is 2.55 bits per heavy atom. The van der Waals surface area contributed by atoms with E-state index in [4.69, 9.17) is 21.1 Å². The average molecular weight is 300 g/mol. The van der Waals surface area contributed by atoms with Gasteiger partial charge in [-0.1, -0.05) is 23.7 Å². The van der Waals surface area contributed by atoms with Gasteiger partial charge in [-0.05, 0) is 56.5 Å². The molecule has 4 heteroatoms. The smallest absolute Gasteiger partial charge is 0.0487 e. The van der Waals surface area contributed by atoms with Crippen LogP contribution < -0.4 is 5.32 Å². The van der Waals surface area contributed by atoms with E-state index in [1.807, 2.05) is 19.2 Å². The molecule has 0 heterocycles. The van der Waals surface area contributed by atoms with Gasteiger partial charge in [-0.15, -0.1) is 0 Å². The second-order valence-corrected chi connectivity index (χ2v) is 5.44. The Morgan fingerprint density at radius 2 is 1.90 bits per heavy atom. The highest BCUT2D eigenvalue weighted by atomic mass is 35.5. The lowest BCUT2D eigenvalue weighted by Gasteiger charge is -2.17. The van der Waals surface area contributed by atoms with Crippen LogP contribution in [0.4, 0.5) is 0 Å². The lowest BCUT2D eigenvalue weighted by molar-refractivity contribution is 0.0937. The lowest BCUT2D eigenvalue weighted by Crippen LogP contribution is -2.22. The molecule has 3 nitrogen and oxygen atoms in total. The molecule has 0 aliphatic carbocycles. The van der Waals surface area contributed by atoms with Gasteiger partial charge in [0.05, 0.1) is 0 Å². The summed E-state index contributed by atoms with van der Waals surface area (Å²) in [5.74, 6) is 0.587. The summed E-state index contributed by atoms with van der Waals surface area (Å²) in [6.45, 7) is 3.36. The molecule has 0 saturated heterocycles. The Labute approximate surface area is 127 Å². The summed E-state index contributed by atoms with van der Waals surface area (Å²) in [5.41, 5.74) is 1.33. The van der Waals surface area contributed by atoms with Crippen LogP contribution in [0, 0.1) is 5.92 Å². The summed E-state index contributed by atoms with van der Waals surface area (Å²) in [7, 11) is 3.71. The zero-order valence-electron chi connectivity index (χ0n) is 12.5. The van der Waals surface area contributed by atoms with E-state index in [0.29, 0.717) is 5.92 Å². The first kappa shape index (κ1) is 17.4. The molecular weight excluding hydrogens is 274 g/mol. The van der Waals surface area contributed by atoms with Gasteiger partial charge in [0.1, 0.15) is 0 Å². The highest BCUT2D eigenvalue weighted by Gasteiger charge is 2.09. The molecular formula is C16H26ClNO2. The van der Waals surface area contributed by atoms with Gasteiger partial charge >= 0.3 is 0 Å². The Balaban J connectivity index is 2.27. The van der Waals surface area contributed by atoms with Crippen LogP contribution in [0.15, 0.2) is 24.3 Å². The molecule has 0 fully saturated rings. The molecule has 1 rings (SSSR count). The first-order chi connectivity index (χ1) is 9.76. The first-order valence-corrected chi connectivity index (χ1v) is 7.59. The number of methoxy groups -OCH3 is 1. The second-order valence-electron chi connectivity index (χ2n) is 5.00. The summed E-state index contributed by atoms with van der Waals surface area (Å²) in [5, 5.41) is 4.05. The SMILES string of the molecule is CNCC(CCOCCCOC)Cc1ccc(Cl)cc1. The molecule has 0 aromatic heterocycles. The molecule has 0 bridgehead atoms. The quantitative estimate of drug-likeness (QED) is 0.637. The molecule has 0 saturated carbocycles. The fourth-order valence-corrected chi connectivity index (χ4v) is 2.30. The molecule has 1 aromatic rings. The molecule has 0 aliphatic rings. The molecule has 20 heavy (non-hydrogen) atoms. The van der Waals surface area contributed by atoms with Crippen LogP contribution >= 0.6 is 11.6 Å². The molecule has 1 atom stereocenters. The molecule has 1 unspecified atom stereocenters. The van der Waals surface area contributed by atoms with Gasteiger partial charge in [-0.2, -0.15) is 0 Å². The number of rotatable bonds is 11. The zero-order chi connectivity index (χ0) is 14.6. The molecule has 0 spiro atoms. The lowest BCUT2D eigenvalue weighted by atomic mass is 9.96. The number of ether oxygens (including phenoxy) is 2. The topological polar surface area (TPSA) is 30.5 Å². The van der Waals surface area contributed by atoms with E-state index in [1.165, 1.54) is 5.56 Å². The number of hydrogen-bond donors (Lipinski definition) is 1. The fraction of sp³-hybridized carbons (Fsp3) is 0.625. The number of halogens is 1. The third-order valence-corrected chi connectivity index (χ3v) is 3.49. The normalized spacial score (nSPS) is 12.6. The van der Waals surface area contributed by atoms with Gasteiger partial charge in [0.15, 0.2) is 0 Å². The predicted octanol–water partition coefficient (Wildman–Crippen LogP) is 3.16.